The monoisotopic (exact) mass is 375 g/mol. The van der Waals surface area contributed by atoms with Crippen LogP contribution in [0.5, 0.6) is 0 Å². The highest BCUT2D eigenvalue weighted by Crippen LogP contribution is 2.22. The third-order valence-corrected chi connectivity index (χ3v) is 4.01. The van der Waals surface area contributed by atoms with Crippen molar-refractivity contribution in [3.63, 3.8) is 0 Å². The van der Waals surface area contributed by atoms with Crippen LogP contribution >= 0.6 is 0 Å². The summed E-state index contributed by atoms with van der Waals surface area (Å²) in [5, 5.41) is 16.7. The number of hydrogen-bond acceptors (Lipinski definition) is 5. The van der Waals surface area contributed by atoms with E-state index in [9.17, 15) is 9.59 Å². The van der Waals surface area contributed by atoms with Gasteiger partial charge in [-0.1, -0.05) is 46.5 Å². The van der Waals surface area contributed by atoms with Gasteiger partial charge in [0.05, 0.1) is 0 Å². The molecule has 8 heteroatoms. The molecule has 0 aromatic heterocycles. The second-order valence-electron chi connectivity index (χ2n) is 6.78. The highest BCUT2D eigenvalue weighted by atomic mass is 16.7. The van der Waals surface area contributed by atoms with E-state index >= 15 is 0 Å². The summed E-state index contributed by atoms with van der Waals surface area (Å²) in [5.41, 5.74) is 0. The summed E-state index contributed by atoms with van der Waals surface area (Å²) in [6.07, 6.45) is 5.07. The van der Waals surface area contributed by atoms with Gasteiger partial charge in [0.2, 0.25) is 0 Å². The third-order valence-electron chi connectivity index (χ3n) is 4.01. The van der Waals surface area contributed by atoms with Crippen molar-refractivity contribution in [1.29, 1.82) is 0 Å². The largest absolute Gasteiger partial charge is 0.503 e. The van der Waals surface area contributed by atoms with Crippen LogP contribution in [0.4, 0.5) is 9.59 Å². The fraction of sp³-hybridized carbons (Fsp3) is 0.833. The molecule has 1 atom stereocenters. The zero-order valence-corrected chi connectivity index (χ0v) is 16.0. The Bertz CT molecular complexity index is 416. The van der Waals surface area contributed by atoms with E-state index in [0.717, 1.165) is 12.8 Å². The number of hydrogen-bond donors (Lipinski definition) is 3. The number of unbranched alkanes of at least 4 members (excludes halogenated alkanes) is 1. The van der Waals surface area contributed by atoms with Gasteiger partial charge >= 0.3 is 18.2 Å². The molecule has 1 rings (SSSR count). The van der Waals surface area contributed by atoms with Crippen LogP contribution in [0.15, 0.2) is 0 Å². The second kappa shape index (κ2) is 14.2. The lowest BCUT2D eigenvalue weighted by Crippen LogP contribution is -2.36. The molecule has 1 amide bonds. The lowest BCUT2D eigenvalue weighted by atomic mass is 9.89. The average Bonchev–Trinajstić information content (AvgIpc) is 2.58. The molecule has 1 aliphatic carbocycles. The molecule has 1 fully saturated rings. The molecule has 0 aliphatic heterocycles. The predicted molar refractivity (Wildman–Crippen MR) is 96.0 cm³/mol. The van der Waals surface area contributed by atoms with E-state index in [1.807, 2.05) is 20.8 Å². The van der Waals surface area contributed by atoms with Gasteiger partial charge in [-0.2, -0.15) is 0 Å². The Morgan fingerprint density at radius 3 is 2.15 bits per heavy atom. The predicted octanol–water partition coefficient (Wildman–Crippen LogP) is 4.23. The van der Waals surface area contributed by atoms with E-state index in [-0.39, 0.29) is 11.9 Å². The first-order valence-electron chi connectivity index (χ1n) is 9.32. The van der Waals surface area contributed by atoms with E-state index in [0.29, 0.717) is 18.9 Å². The summed E-state index contributed by atoms with van der Waals surface area (Å²) in [4.78, 5) is 32.1. The Morgan fingerprint density at radius 1 is 1.08 bits per heavy atom. The van der Waals surface area contributed by atoms with E-state index in [4.69, 9.17) is 24.5 Å². The summed E-state index contributed by atoms with van der Waals surface area (Å²) in [6.45, 7) is 6.40. The molecule has 0 saturated heterocycles. The van der Waals surface area contributed by atoms with Gasteiger partial charge in [-0.05, 0) is 25.2 Å². The number of esters is 1. The summed E-state index contributed by atoms with van der Waals surface area (Å²) >= 11 is 0. The number of amides is 1. The second-order valence-corrected chi connectivity index (χ2v) is 6.78. The smallest absolute Gasteiger partial charge is 0.450 e. The normalized spacial score (nSPS) is 15.4. The Hall–Kier alpha value is -1.99. The molecular formula is C18H33NO7. The van der Waals surface area contributed by atoms with E-state index in [1.54, 1.807) is 0 Å². The maximum absolute atomic E-state index is 11.9. The van der Waals surface area contributed by atoms with Crippen molar-refractivity contribution in [2.45, 2.75) is 78.4 Å². The van der Waals surface area contributed by atoms with Crippen molar-refractivity contribution in [1.82, 2.24) is 5.32 Å². The first-order chi connectivity index (χ1) is 12.3. The zero-order valence-electron chi connectivity index (χ0n) is 16.0. The SMILES string of the molecule is CCCCC(=O)OC(OC(=O)NCC1CCCCC1)C(C)C.O=C(O)O. The molecule has 1 unspecified atom stereocenters. The standard InChI is InChI=1S/C17H31NO4.CH2O3/c1-4-5-11-15(19)21-16(13(2)3)22-17(20)18-12-14-9-7-6-8-10-14;2-1(3)4/h13-14,16H,4-12H2,1-3H3,(H,18,20);(H2,2,3,4). The number of carbonyl (C=O) groups excluding carboxylic acids is 2. The Kier molecular flexibility index (Phi) is 13.1. The molecule has 0 heterocycles. The molecule has 0 bridgehead atoms. The van der Waals surface area contributed by atoms with Gasteiger partial charge in [-0.3, -0.25) is 4.79 Å². The fourth-order valence-electron chi connectivity index (χ4n) is 2.57. The van der Waals surface area contributed by atoms with Crippen molar-refractivity contribution in [2.75, 3.05) is 6.54 Å². The van der Waals surface area contributed by atoms with Crippen molar-refractivity contribution in [3.05, 3.63) is 0 Å². The third kappa shape index (κ3) is 13.3. The van der Waals surface area contributed by atoms with Crippen LogP contribution in [-0.4, -0.2) is 41.3 Å². The van der Waals surface area contributed by atoms with E-state index in [1.165, 1.54) is 32.1 Å². The molecule has 1 saturated carbocycles. The zero-order chi connectivity index (χ0) is 19.9. The van der Waals surface area contributed by atoms with Crippen molar-refractivity contribution in [2.24, 2.45) is 11.8 Å². The van der Waals surface area contributed by atoms with Crippen molar-refractivity contribution < 1.29 is 34.1 Å². The lowest BCUT2D eigenvalue weighted by molar-refractivity contribution is -0.175. The first kappa shape index (κ1) is 24.0. The van der Waals surface area contributed by atoms with Gasteiger partial charge in [-0.25, -0.2) is 9.59 Å². The minimum Gasteiger partial charge on any atom is -0.450 e. The summed E-state index contributed by atoms with van der Waals surface area (Å²) < 4.78 is 10.5. The van der Waals surface area contributed by atoms with Crippen LogP contribution in [-0.2, 0) is 14.3 Å². The van der Waals surface area contributed by atoms with Crippen LogP contribution in [0, 0.1) is 11.8 Å². The molecule has 1 aliphatic rings. The van der Waals surface area contributed by atoms with Crippen LogP contribution in [0.3, 0.4) is 0 Å². The molecule has 3 N–H and O–H groups in total. The van der Waals surface area contributed by atoms with E-state index in [2.05, 4.69) is 5.32 Å². The van der Waals surface area contributed by atoms with E-state index < -0.39 is 18.5 Å². The molecule has 0 aromatic rings. The fourth-order valence-corrected chi connectivity index (χ4v) is 2.57. The molecular weight excluding hydrogens is 342 g/mol. The van der Waals surface area contributed by atoms with Crippen LogP contribution < -0.4 is 5.32 Å². The maximum atomic E-state index is 11.9. The quantitative estimate of drug-likeness (QED) is 0.428. The number of rotatable bonds is 8. The summed E-state index contributed by atoms with van der Waals surface area (Å²) in [7, 11) is 0. The van der Waals surface area contributed by atoms with Gasteiger partial charge in [0.1, 0.15) is 0 Å². The minimum atomic E-state index is -1.83. The van der Waals surface area contributed by atoms with Crippen LogP contribution in [0.25, 0.3) is 0 Å². The topological polar surface area (TPSA) is 122 Å². The molecule has 152 valence electrons. The molecule has 0 radical (unpaired) electrons. The highest BCUT2D eigenvalue weighted by molar-refractivity contribution is 5.70. The number of carbonyl (C=O) groups is 3. The molecule has 26 heavy (non-hydrogen) atoms. The van der Waals surface area contributed by atoms with Crippen molar-refractivity contribution >= 4 is 18.2 Å². The van der Waals surface area contributed by atoms with Gasteiger partial charge in [0.15, 0.2) is 0 Å². The summed E-state index contributed by atoms with van der Waals surface area (Å²) in [6, 6.07) is 0. The Balaban J connectivity index is 0.00000141. The number of alkyl carbamates (subject to hydrolysis) is 1. The minimum absolute atomic E-state index is 0.0639. The number of carboxylic acid groups (broad SMARTS) is 2. The van der Waals surface area contributed by atoms with Crippen LogP contribution in [0.1, 0.15) is 72.1 Å². The van der Waals surface area contributed by atoms with Gasteiger partial charge in [-0.15, -0.1) is 0 Å². The first-order valence-corrected chi connectivity index (χ1v) is 9.32. The summed E-state index contributed by atoms with van der Waals surface area (Å²) in [5.74, 6) is 0.178. The maximum Gasteiger partial charge on any atom is 0.503 e. The van der Waals surface area contributed by atoms with Crippen LogP contribution in [0.2, 0.25) is 0 Å². The number of ether oxygens (including phenoxy) is 2. The lowest BCUT2D eigenvalue weighted by Gasteiger charge is -2.24. The van der Waals surface area contributed by atoms with Crippen molar-refractivity contribution in [3.8, 4) is 0 Å². The Labute approximate surface area is 155 Å². The average molecular weight is 375 g/mol. The van der Waals surface area contributed by atoms with Gasteiger partial charge in [0.25, 0.3) is 6.29 Å². The molecule has 0 aromatic carbocycles. The molecule has 0 spiro atoms. The Morgan fingerprint density at radius 2 is 1.65 bits per heavy atom. The molecule has 8 nitrogen and oxygen atoms in total. The van der Waals surface area contributed by atoms with Gasteiger partial charge in [0, 0.05) is 18.9 Å². The highest BCUT2D eigenvalue weighted by Gasteiger charge is 2.23. The number of nitrogens with one attached hydrogen (secondary N) is 1. The van der Waals surface area contributed by atoms with Gasteiger partial charge < -0.3 is 25.0 Å².